The van der Waals surface area contributed by atoms with Gasteiger partial charge in [-0.15, -0.1) is 0 Å². The van der Waals surface area contributed by atoms with Crippen LogP contribution in [-0.2, 0) is 4.79 Å². The Kier molecular flexibility index (Phi) is 4.98. The summed E-state index contributed by atoms with van der Waals surface area (Å²) in [6, 6.07) is 7.79. The molecule has 1 aliphatic rings. The number of aryl methyl sites for hydroxylation is 1. The number of amides is 1. The Balaban J connectivity index is 1.57. The first-order chi connectivity index (χ1) is 11.2. The van der Waals surface area contributed by atoms with Crippen molar-refractivity contribution in [3.63, 3.8) is 0 Å². The average molecular weight is 315 g/mol. The summed E-state index contributed by atoms with van der Waals surface area (Å²) in [6.07, 6.45) is 7.36. The summed E-state index contributed by atoms with van der Waals surface area (Å²) in [7, 11) is 0. The van der Waals surface area contributed by atoms with E-state index in [4.69, 9.17) is 8.83 Å². The van der Waals surface area contributed by atoms with Gasteiger partial charge in [-0.05, 0) is 37.3 Å². The van der Waals surface area contributed by atoms with Gasteiger partial charge in [-0.2, -0.15) is 0 Å². The Bertz CT molecular complexity index is 652. The molecule has 2 aromatic heterocycles. The molecule has 0 aromatic carbocycles. The van der Waals surface area contributed by atoms with Crippen LogP contribution in [0.4, 0.5) is 0 Å². The maximum Gasteiger partial charge on any atom is 0.244 e. The zero-order valence-electron chi connectivity index (χ0n) is 13.4. The van der Waals surface area contributed by atoms with Crippen LogP contribution in [0.3, 0.4) is 0 Å². The van der Waals surface area contributed by atoms with E-state index in [2.05, 4.69) is 5.32 Å². The Morgan fingerprint density at radius 3 is 2.83 bits per heavy atom. The van der Waals surface area contributed by atoms with Gasteiger partial charge < -0.3 is 19.1 Å². The molecular formula is C18H23N2O3+. The first-order valence-electron chi connectivity index (χ1n) is 8.13. The molecule has 1 atom stereocenters. The molecule has 1 saturated heterocycles. The fourth-order valence-electron chi connectivity index (χ4n) is 3.08. The van der Waals surface area contributed by atoms with E-state index in [1.165, 1.54) is 23.8 Å². The van der Waals surface area contributed by atoms with Crippen LogP contribution in [0, 0.1) is 6.92 Å². The number of carbonyl (C=O) groups is 1. The van der Waals surface area contributed by atoms with Gasteiger partial charge in [0.1, 0.15) is 11.5 Å². The van der Waals surface area contributed by atoms with Gasteiger partial charge in [-0.3, -0.25) is 4.79 Å². The Morgan fingerprint density at radius 1 is 1.35 bits per heavy atom. The summed E-state index contributed by atoms with van der Waals surface area (Å²) in [5.74, 6) is 2.34. The monoisotopic (exact) mass is 315 g/mol. The highest BCUT2D eigenvalue weighted by molar-refractivity contribution is 5.91. The van der Waals surface area contributed by atoms with Crippen LogP contribution in [0.5, 0.6) is 0 Å². The summed E-state index contributed by atoms with van der Waals surface area (Å²) < 4.78 is 11.0. The molecule has 5 heteroatoms. The van der Waals surface area contributed by atoms with E-state index < -0.39 is 0 Å². The van der Waals surface area contributed by atoms with E-state index in [0.717, 1.165) is 24.6 Å². The average Bonchev–Trinajstić information content (AvgIpc) is 3.28. The van der Waals surface area contributed by atoms with Crippen molar-refractivity contribution < 1.29 is 18.5 Å². The summed E-state index contributed by atoms with van der Waals surface area (Å²) in [5, 5.41) is 2.98. The zero-order valence-corrected chi connectivity index (χ0v) is 13.4. The second-order valence-corrected chi connectivity index (χ2v) is 5.96. The maximum absolute atomic E-state index is 12.0. The van der Waals surface area contributed by atoms with E-state index in [1.54, 1.807) is 12.3 Å². The van der Waals surface area contributed by atoms with E-state index in [-0.39, 0.29) is 11.9 Å². The Labute approximate surface area is 136 Å². The largest absolute Gasteiger partial charge is 0.463 e. The van der Waals surface area contributed by atoms with Crippen molar-refractivity contribution in [2.75, 3.05) is 19.6 Å². The molecule has 0 radical (unpaired) electrons. The number of hydrogen-bond acceptors (Lipinski definition) is 3. The van der Waals surface area contributed by atoms with Gasteiger partial charge in [0.15, 0.2) is 11.8 Å². The third-order valence-corrected chi connectivity index (χ3v) is 4.27. The second kappa shape index (κ2) is 7.33. The quantitative estimate of drug-likeness (QED) is 0.798. The van der Waals surface area contributed by atoms with Crippen molar-refractivity contribution in [3.05, 3.63) is 53.9 Å². The number of rotatable bonds is 6. The van der Waals surface area contributed by atoms with Gasteiger partial charge in [0.2, 0.25) is 5.91 Å². The number of hydrogen-bond donors (Lipinski definition) is 2. The van der Waals surface area contributed by atoms with Gasteiger partial charge >= 0.3 is 0 Å². The van der Waals surface area contributed by atoms with Gasteiger partial charge in [0.25, 0.3) is 0 Å². The van der Waals surface area contributed by atoms with Crippen LogP contribution in [0.2, 0.25) is 0 Å². The lowest BCUT2D eigenvalue weighted by Gasteiger charge is -2.22. The van der Waals surface area contributed by atoms with E-state index in [1.807, 2.05) is 31.2 Å². The number of quaternary nitrogens is 1. The fourth-order valence-corrected chi connectivity index (χ4v) is 3.08. The fraction of sp³-hybridized carbons (Fsp3) is 0.389. The molecule has 3 rings (SSSR count). The summed E-state index contributed by atoms with van der Waals surface area (Å²) >= 11 is 0. The lowest BCUT2D eigenvalue weighted by Crippen LogP contribution is -3.11. The molecular weight excluding hydrogens is 292 g/mol. The van der Waals surface area contributed by atoms with E-state index in [0.29, 0.717) is 12.3 Å². The molecule has 3 heterocycles. The molecule has 0 saturated carbocycles. The molecule has 0 unspecified atom stereocenters. The molecule has 0 bridgehead atoms. The minimum atomic E-state index is -0.116. The van der Waals surface area contributed by atoms with Crippen LogP contribution in [-0.4, -0.2) is 25.5 Å². The maximum atomic E-state index is 12.0. The zero-order chi connectivity index (χ0) is 16.1. The van der Waals surface area contributed by atoms with Gasteiger partial charge in [0, 0.05) is 18.9 Å². The third-order valence-electron chi connectivity index (χ3n) is 4.27. The van der Waals surface area contributed by atoms with Crippen LogP contribution in [0.15, 0.2) is 45.4 Å². The standard InChI is InChI=1S/C18H22N2O3/c1-14-6-7-15(23-14)8-9-18(21)19-13-16(17-5-4-12-22-17)20-10-2-3-11-20/h4-9,12,16H,2-3,10-11,13H2,1H3,(H,19,21)/p+1/b9-8+/t16-/m1/s1. The highest BCUT2D eigenvalue weighted by Gasteiger charge is 2.29. The molecule has 1 amide bonds. The second-order valence-electron chi connectivity index (χ2n) is 5.96. The number of furan rings is 2. The van der Waals surface area contributed by atoms with Crippen molar-refractivity contribution in [1.82, 2.24) is 5.32 Å². The van der Waals surface area contributed by atoms with Gasteiger partial charge in [0.05, 0.1) is 25.9 Å². The predicted octanol–water partition coefficient (Wildman–Crippen LogP) is 1.73. The minimum Gasteiger partial charge on any atom is -0.463 e. The van der Waals surface area contributed by atoms with E-state index >= 15 is 0 Å². The minimum absolute atomic E-state index is 0.116. The van der Waals surface area contributed by atoms with Crippen molar-refractivity contribution in [3.8, 4) is 0 Å². The lowest BCUT2D eigenvalue weighted by atomic mass is 10.2. The molecule has 2 aromatic rings. The Hall–Kier alpha value is -2.27. The molecule has 5 nitrogen and oxygen atoms in total. The Morgan fingerprint density at radius 2 is 2.17 bits per heavy atom. The molecule has 1 fully saturated rings. The van der Waals surface area contributed by atoms with Gasteiger partial charge in [-0.1, -0.05) is 0 Å². The molecule has 23 heavy (non-hydrogen) atoms. The van der Waals surface area contributed by atoms with Crippen LogP contribution in [0.1, 0.15) is 36.2 Å². The lowest BCUT2D eigenvalue weighted by molar-refractivity contribution is -0.919. The smallest absolute Gasteiger partial charge is 0.244 e. The molecule has 122 valence electrons. The SMILES string of the molecule is Cc1ccc(/C=C/C(=O)NC[C@H](c2ccco2)[NH+]2CCCC2)o1. The molecule has 1 aliphatic heterocycles. The third kappa shape index (κ3) is 4.13. The highest BCUT2D eigenvalue weighted by atomic mass is 16.3. The van der Waals surface area contributed by atoms with Crippen molar-refractivity contribution in [2.24, 2.45) is 0 Å². The summed E-state index contributed by atoms with van der Waals surface area (Å²) in [4.78, 5) is 13.5. The first-order valence-corrected chi connectivity index (χ1v) is 8.13. The number of nitrogens with one attached hydrogen (secondary N) is 2. The van der Waals surface area contributed by atoms with Crippen molar-refractivity contribution in [1.29, 1.82) is 0 Å². The van der Waals surface area contributed by atoms with E-state index in [9.17, 15) is 4.79 Å². The van der Waals surface area contributed by atoms with Crippen LogP contribution >= 0.6 is 0 Å². The molecule has 0 spiro atoms. The first kappa shape index (κ1) is 15.6. The topological polar surface area (TPSA) is 59.8 Å². The predicted molar refractivity (Wildman–Crippen MR) is 86.9 cm³/mol. The number of likely N-dealkylation sites (tertiary alicyclic amines) is 1. The normalized spacial score (nSPS) is 16.9. The van der Waals surface area contributed by atoms with Crippen molar-refractivity contribution in [2.45, 2.75) is 25.8 Å². The van der Waals surface area contributed by atoms with Crippen molar-refractivity contribution >= 4 is 12.0 Å². The van der Waals surface area contributed by atoms with Crippen LogP contribution in [0.25, 0.3) is 6.08 Å². The summed E-state index contributed by atoms with van der Waals surface area (Å²) in [6.45, 7) is 4.71. The van der Waals surface area contributed by atoms with Crippen LogP contribution < -0.4 is 10.2 Å². The highest BCUT2D eigenvalue weighted by Crippen LogP contribution is 2.11. The molecule has 0 aliphatic carbocycles. The number of carbonyl (C=O) groups excluding carboxylic acids is 1. The molecule has 2 N–H and O–H groups in total. The summed E-state index contributed by atoms with van der Waals surface area (Å²) in [5.41, 5.74) is 0. The van der Waals surface area contributed by atoms with Gasteiger partial charge in [-0.25, -0.2) is 0 Å².